The summed E-state index contributed by atoms with van der Waals surface area (Å²) in [6.45, 7) is 7.60. The predicted molar refractivity (Wildman–Crippen MR) is 133 cm³/mol. The average molecular weight is 527 g/mol. The second kappa shape index (κ2) is 8.56. The number of allylic oxidation sites excluding steroid dienone is 1. The molecule has 2 N–H and O–H groups in total. The van der Waals surface area contributed by atoms with Crippen LogP contribution in [0.1, 0.15) is 64.2 Å². The Labute approximate surface area is 221 Å². The van der Waals surface area contributed by atoms with Gasteiger partial charge in [-0.05, 0) is 38.8 Å². The first-order valence-electron chi connectivity index (χ1n) is 13.0. The zero-order chi connectivity index (χ0) is 27.8. The van der Waals surface area contributed by atoms with E-state index in [4.69, 9.17) is 14.2 Å². The molecule has 1 unspecified atom stereocenters. The van der Waals surface area contributed by atoms with Crippen molar-refractivity contribution in [2.75, 3.05) is 6.61 Å². The minimum atomic E-state index is -1.85. The highest BCUT2D eigenvalue weighted by molar-refractivity contribution is 6.46. The van der Waals surface area contributed by atoms with Gasteiger partial charge < -0.3 is 24.4 Å². The summed E-state index contributed by atoms with van der Waals surface area (Å²) in [7, 11) is 0. The molecule has 38 heavy (non-hydrogen) atoms. The highest BCUT2D eigenvalue weighted by Crippen LogP contribution is 2.63. The molecule has 1 aromatic carbocycles. The lowest BCUT2D eigenvalue weighted by Gasteiger charge is -2.66. The Bertz CT molecular complexity index is 1250. The van der Waals surface area contributed by atoms with Crippen molar-refractivity contribution in [3.63, 3.8) is 0 Å². The maximum absolute atomic E-state index is 14.2. The Morgan fingerprint density at radius 2 is 1.76 bits per heavy atom. The van der Waals surface area contributed by atoms with Gasteiger partial charge in [-0.1, -0.05) is 37.6 Å². The first-order chi connectivity index (χ1) is 17.7. The van der Waals surface area contributed by atoms with E-state index < -0.39 is 69.8 Å². The Morgan fingerprint density at radius 3 is 2.34 bits per heavy atom. The molecule has 2 bridgehead atoms. The van der Waals surface area contributed by atoms with E-state index in [1.165, 1.54) is 13.8 Å². The standard InChI is InChI=1S/C29H34O9/c1-15-11-12-29(35)24(37-25(34)17-9-7-6-8-10-17)22-27(5,23(33)21(32)20(15)26(29,3)4)18(31)13-19-28(22,14-36-19)38-16(2)30/h6-10,18-19,22,24,31,35H,11-14H2,1-5H3/t18-,19-,22?,24+,27-,28+,29-/m1/s1. The second-order valence-electron chi connectivity index (χ2n) is 11.9. The normalized spacial score (nSPS) is 39.7. The molecule has 1 saturated heterocycles. The molecular formula is C29H34O9. The van der Waals surface area contributed by atoms with Crippen molar-refractivity contribution in [3.8, 4) is 0 Å². The summed E-state index contributed by atoms with van der Waals surface area (Å²) in [5.74, 6) is -4.32. The number of Topliss-reactive ketones (excluding diaryl/α,β-unsaturated/α-hetero) is 2. The number of carbonyl (C=O) groups excluding carboxylic acids is 4. The lowest BCUT2D eigenvalue weighted by atomic mass is 9.45. The zero-order valence-electron chi connectivity index (χ0n) is 22.3. The number of aliphatic hydroxyl groups excluding tert-OH is 1. The number of esters is 2. The van der Waals surface area contributed by atoms with E-state index in [1.807, 2.05) is 0 Å². The van der Waals surface area contributed by atoms with Gasteiger partial charge in [-0.3, -0.25) is 14.4 Å². The summed E-state index contributed by atoms with van der Waals surface area (Å²) in [5.41, 5.74) is -5.46. The second-order valence-corrected chi connectivity index (χ2v) is 11.9. The monoisotopic (exact) mass is 526 g/mol. The summed E-state index contributed by atoms with van der Waals surface area (Å²) in [6.07, 6.45) is -3.29. The molecule has 7 atom stereocenters. The molecule has 1 aromatic rings. The van der Waals surface area contributed by atoms with E-state index in [-0.39, 0.29) is 30.6 Å². The number of ketones is 2. The molecule has 5 rings (SSSR count). The molecule has 0 spiro atoms. The number of rotatable bonds is 3. The van der Waals surface area contributed by atoms with Crippen LogP contribution in [-0.4, -0.2) is 69.8 Å². The summed E-state index contributed by atoms with van der Waals surface area (Å²) >= 11 is 0. The molecule has 0 aromatic heterocycles. The van der Waals surface area contributed by atoms with Gasteiger partial charge in [-0.2, -0.15) is 0 Å². The number of carbonyl (C=O) groups is 4. The Morgan fingerprint density at radius 1 is 1.11 bits per heavy atom. The van der Waals surface area contributed by atoms with Crippen LogP contribution in [0.2, 0.25) is 0 Å². The quantitative estimate of drug-likeness (QED) is 0.449. The summed E-state index contributed by atoms with van der Waals surface area (Å²) < 4.78 is 17.8. The van der Waals surface area contributed by atoms with Crippen molar-refractivity contribution in [1.29, 1.82) is 0 Å². The van der Waals surface area contributed by atoms with Crippen molar-refractivity contribution < 1.29 is 43.6 Å². The Balaban J connectivity index is 1.80. The number of ether oxygens (including phenoxy) is 3. The molecule has 3 aliphatic carbocycles. The van der Waals surface area contributed by atoms with Crippen LogP contribution in [-0.2, 0) is 28.6 Å². The third-order valence-electron chi connectivity index (χ3n) is 9.65. The third-order valence-corrected chi connectivity index (χ3v) is 9.65. The summed E-state index contributed by atoms with van der Waals surface area (Å²) in [5, 5.41) is 24.0. The van der Waals surface area contributed by atoms with Crippen LogP contribution in [0.4, 0.5) is 0 Å². The predicted octanol–water partition coefficient (Wildman–Crippen LogP) is 2.32. The highest BCUT2D eigenvalue weighted by atomic mass is 16.6. The van der Waals surface area contributed by atoms with Gasteiger partial charge in [0.25, 0.3) is 0 Å². The number of hydrogen-bond donors (Lipinski definition) is 2. The minimum absolute atomic E-state index is 0.0709. The number of aliphatic hydroxyl groups is 2. The molecular weight excluding hydrogens is 492 g/mol. The van der Waals surface area contributed by atoms with Crippen LogP contribution in [0, 0.1) is 16.7 Å². The van der Waals surface area contributed by atoms with Crippen LogP contribution >= 0.6 is 0 Å². The Kier molecular flexibility index (Phi) is 6.02. The van der Waals surface area contributed by atoms with Gasteiger partial charge in [-0.15, -0.1) is 0 Å². The first-order valence-corrected chi connectivity index (χ1v) is 13.0. The van der Waals surface area contributed by atoms with Gasteiger partial charge >= 0.3 is 11.9 Å². The number of hydrogen-bond acceptors (Lipinski definition) is 9. The van der Waals surface area contributed by atoms with Crippen molar-refractivity contribution >= 4 is 23.5 Å². The fourth-order valence-electron chi connectivity index (χ4n) is 7.47. The summed E-state index contributed by atoms with van der Waals surface area (Å²) in [4.78, 5) is 54.0. The number of benzene rings is 1. The number of fused-ring (bicyclic) bond motifs is 5. The zero-order valence-corrected chi connectivity index (χ0v) is 22.3. The maximum Gasteiger partial charge on any atom is 0.338 e. The van der Waals surface area contributed by atoms with E-state index in [0.717, 1.165) is 0 Å². The molecule has 9 nitrogen and oxygen atoms in total. The van der Waals surface area contributed by atoms with E-state index >= 15 is 0 Å². The van der Waals surface area contributed by atoms with Crippen LogP contribution < -0.4 is 0 Å². The van der Waals surface area contributed by atoms with Gasteiger partial charge in [-0.25, -0.2) is 4.79 Å². The first kappa shape index (κ1) is 26.7. The maximum atomic E-state index is 14.2. The van der Waals surface area contributed by atoms with Crippen molar-refractivity contribution in [1.82, 2.24) is 0 Å². The molecule has 0 radical (unpaired) electrons. The van der Waals surface area contributed by atoms with Crippen molar-refractivity contribution in [2.24, 2.45) is 16.7 Å². The van der Waals surface area contributed by atoms with E-state index in [9.17, 15) is 29.4 Å². The van der Waals surface area contributed by atoms with Gasteiger partial charge in [0.2, 0.25) is 11.6 Å². The lowest BCUT2D eigenvalue weighted by molar-refractivity contribution is -0.342. The molecule has 3 fully saturated rings. The molecule has 4 aliphatic rings. The van der Waals surface area contributed by atoms with Gasteiger partial charge in [0, 0.05) is 24.3 Å². The van der Waals surface area contributed by atoms with E-state index in [0.29, 0.717) is 12.0 Å². The lowest BCUT2D eigenvalue weighted by Crippen LogP contribution is -2.81. The molecule has 0 amide bonds. The SMILES string of the molecule is CC(=O)O[C@@]12CO[C@@H]1C[C@@H](O)[C@@]1(C)C(=O)C(=O)C3=C(C)CC[C@@](O)([C@@H](OC(=O)c4ccccc4)C12)C3(C)C. The molecule has 1 heterocycles. The largest absolute Gasteiger partial charge is 0.455 e. The van der Waals surface area contributed by atoms with E-state index in [2.05, 4.69) is 0 Å². The van der Waals surface area contributed by atoms with Crippen molar-refractivity contribution in [3.05, 3.63) is 47.0 Å². The Hall–Kier alpha value is -2.88. The van der Waals surface area contributed by atoms with Gasteiger partial charge in [0.05, 0.1) is 29.6 Å². The average Bonchev–Trinajstić information content (AvgIpc) is 2.85. The van der Waals surface area contributed by atoms with Crippen LogP contribution in [0.5, 0.6) is 0 Å². The fourth-order valence-corrected chi connectivity index (χ4v) is 7.47. The summed E-state index contributed by atoms with van der Waals surface area (Å²) in [6, 6.07) is 8.22. The molecule has 2 saturated carbocycles. The van der Waals surface area contributed by atoms with Gasteiger partial charge in [0.1, 0.15) is 17.8 Å². The van der Waals surface area contributed by atoms with Crippen LogP contribution in [0.15, 0.2) is 41.5 Å². The van der Waals surface area contributed by atoms with Crippen LogP contribution in [0.3, 0.4) is 0 Å². The fraction of sp³-hybridized carbons (Fsp3) is 0.586. The smallest absolute Gasteiger partial charge is 0.338 e. The third kappa shape index (κ3) is 3.34. The molecule has 204 valence electrons. The van der Waals surface area contributed by atoms with Gasteiger partial charge in [0.15, 0.2) is 5.60 Å². The van der Waals surface area contributed by atoms with E-state index in [1.54, 1.807) is 51.1 Å². The highest BCUT2D eigenvalue weighted by Gasteiger charge is 2.77. The molecule has 9 heteroatoms. The van der Waals surface area contributed by atoms with Crippen molar-refractivity contribution in [2.45, 2.75) is 83.4 Å². The van der Waals surface area contributed by atoms with Crippen LogP contribution in [0.25, 0.3) is 0 Å². The topological polar surface area (TPSA) is 136 Å². The minimum Gasteiger partial charge on any atom is -0.455 e. The molecule has 1 aliphatic heterocycles.